The van der Waals surface area contributed by atoms with Crippen LogP contribution in [0.2, 0.25) is 5.02 Å². The Labute approximate surface area is 102 Å². The third kappa shape index (κ3) is 2.24. The normalized spacial score (nSPS) is 10.8. The first-order chi connectivity index (χ1) is 7.99. The molecule has 0 aliphatic heterocycles. The summed E-state index contributed by atoms with van der Waals surface area (Å²) < 4.78 is 27.2. The molecule has 0 fully saturated rings. The van der Waals surface area contributed by atoms with E-state index in [2.05, 4.69) is 5.10 Å². The Morgan fingerprint density at radius 2 is 2.06 bits per heavy atom. The second kappa shape index (κ2) is 4.33. The molecule has 0 atom stereocenters. The standard InChI is InChI=1S/C11H10ClF2N3/c1-6-10(12)11(15)17(16-6)5-7-2-3-8(13)9(14)4-7/h2-4H,5,15H2,1H3. The van der Waals surface area contributed by atoms with Crippen molar-refractivity contribution in [1.29, 1.82) is 0 Å². The van der Waals surface area contributed by atoms with Gasteiger partial charge in [0.05, 0.1) is 12.2 Å². The van der Waals surface area contributed by atoms with E-state index in [-0.39, 0.29) is 6.54 Å². The molecule has 0 aliphatic carbocycles. The summed E-state index contributed by atoms with van der Waals surface area (Å²) in [6.07, 6.45) is 0. The molecule has 1 heterocycles. The van der Waals surface area contributed by atoms with Gasteiger partial charge in [-0.15, -0.1) is 0 Å². The molecule has 1 aromatic heterocycles. The van der Waals surface area contributed by atoms with Gasteiger partial charge in [-0.1, -0.05) is 17.7 Å². The van der Waals surface area contributed by atoms with Gasteiger partial charge in [0.25, 0.3) is 0 Å². The van der Waals surface area contributed by atoms with Gasteiger partial charge in [-0.3, -0.25) is 0 Å². The molecule has 0 saturated carbocycles. The van der Waals surface area contributed by atoms with Crippen molar-refractivity contribution in [2.45, 2.75) is 13.5 Å². The molecule has 2 rings (SSSR count). The summed E-state index contributed by atoms with van der Waals surface area (Å²) in [5.41, 5.74) is 6.89. The highest BCUT2D eigenvalue weighted by Gasteiger charge is 2.11. The van der Waals surface area contributed by atoms with Crippen LogP contribution in [0, 0.1) is 18.6 Å². The monoisotopic (exact) mass is 257 g/mol. The summed E-state index contributed by atoms with van der Waals surface area (Å²) >= 11 is 5.88. The summed E-state index contributed by atoms with van der Waals surface area (Å²) in [6.45, 7) is 1.97. The van der Waals surface area contributed by atoms with E-state index in [1.165, 1.54) is 10.7 Å². The van der Waals surface area contributed by atoms with Crippen molar-refractivity contribution >= 4 is 17.4 Å². The zero-order valence-electron chi connectivity index (χ0n) is 9.04. The lowest BCUT2D eigenvalue weighted by molar-refractivity contribution is 0.506. The van der Waals surface area contributed by atoms with Crippen LogP contribution in [0.4, 0.5) is 14.6 Å². The molecule has 3 nitrogen and oxygen atoms in total. The molecule has 1 aromatic carbocycles. The number of halogens is 3. The van der Waals surface area contributed by atoms with Gasteiger partial charge in [0, 0.05) is 0 Å². The van der Waals surface area contributed by atoms with Crippen LogP contribution >= 0.6 is 11.6 Å². The predicted octanol–water partition coefficient (Wildman–Crippen LogP) is 2.75. The van der Waals surface area contributed by atoms with Crippen LogP contribution in [0.15, 0.2) is 18.2 Å². The maximum atomic E-state index is 13.0. The summed E-state index contributed by atoms with van der Waals surface area (Å²) in [5.74, 6) is -1.46. The first-order valence-corrected chi connectivity index (χ1v) is 5.29. The number of aromatic nitrogens is 2. The van der Waals surface area contributed by atoms with E-state index in [1.54, 1.807) is 6.92 Å². The highest BCUT2D eigenvalue weighted by Crippen LogP contribution is 2.23. The zero-order valence-corrected chi connectivity index (χ0v) is 9.80. The van der Waals surface area contributed by atoms with Gasteiger partial charge in [0.1, 0.15) is 10.8 Å². The number of benzene rings is 1. The average Bonchev–Trinajstić information content (AvgIpc) is 2.52. The number of nitrogens with two attached hydrogens (primary N) is 1. The fourth-order valence-corrected chi connectivity index (χ4v) is 1.64. The number of anilines is 1. The van der Waals surface area contributed by atoms with Crippen LogP contribution in [0.3, 0.4) is 0 Å². The molecule has 6 heteroatoms. The van der Waals surface area contributed by atoms with Gasteiger partial charge >= 0.3 is 0 Å². The first-order valence-electron chi connectivity index (χ1n) is 4.91. The van der Waals surface area contributed by atoms with Gasteiger partial charge < -0.3 is 5.73 Å². The van der Waals surface area contributed by atoms with Crippen molar-refractivity contribution < 1.29 is 8.78 Å². The van der Waals surface area contributed by atoms with Gasteiger partial charge in [0.2, 0.25) is 0 Å². The third-order valence-corrected chi connectivity index (χ3v) is 2.87. The lowest BCUT2D eigenvalue weighted by Crippen LogP contribution is -2.06. The number of nitrogen functional groups attached to an aromatic ring is 1. The van der Waals surface area contributed by atoms with Crippen molar-refractivity contribution in [2.75, 3.05) is 5.73 Å². The second-order valence-electron chi connectivity index (χ2n) is 3.69. The Kier molecular flexibility index (Phi) is 3.02. The van der Waals surface area contributed by atoms with Crippen molar-refractivity contribution in [3.63, 3.8) is 0 Å². The molecular weight excluding hydrogens is 248 g/mol. The van der Waals surface area contributed by atoms with Crippen molar-refractivity contribution in [2.24, 2.45) is 0 Å². The Balaban J connectivity index is 2.31. The van der Waals surface area contributed by atoms with Gasteiger partial charge in [-0.2, -0.15) is 5.10 Å². The van der Waals surface area contributed by atoms with Gasteiger partial charge in [-0.05, 0) is 24.6 Å². The molecule has 0 saturated heterocycles. The highest BCUT2D eigenvalue weighted by atomic mass is 35.5. The summed E-state index contributed by atoms with van der Waals surface area (Å²) in [6, 6.07) is 3.65. The Morgan fingerprint density at radius 1 is 1.35 bits per heavy atom. The molecule has 0 spiro atoms. The second-order valence-corrected chi connectivity index (χ2v) is 4.07. The van der Waals surface area contributed by atoms with E-state index >= 15 is 0 Å². The van der Waals surface area contributed by atoms with Gasteiger partial charge in [-0.25, -0.2) is 13.5 Å². The molecule has 0 aliphatic rings. The number of rotatable bonds is 2. The quantitative estimate of drug-likeness (QED) is 0.899. The molecule has 90 valence electrons. The average molecular weight is 258 g/mol. The molecule has 2 aromatic rings. The molecule has 0 radical (unpaired) electrons. The van der Waals surface area contributed by atoms with Crippen molar-refractivity contribution in [1.82, 2.24) is 9.78 Å². The fraction of sp³-hybridized carbons (Fsp3) is 0.182. The molecule has 0 unspecified atom stereocenters. The first kappa shape index (κ1) is 11.9. The maximum Gasteiger partial charge on any atom is 0.159 e. The van der Waals surface area contributed by atoms with Crippen molar-refractivity contribution in [3.8, 4) is 0 Å². The molecule has 0 bridgehead atoms. The van der Waals surface area contributed by atoms with Crippen LogP contribution < -0.4 is 5.73 Å². The highest BCUT2D eigenvalue weighted by molar-refractivity contribution is 6.33. The largest absolute Gasteiger partial charge is 0.383 e. The van der Waals surface area contributed by atoms with Crippen LogP contribution in [0.5, 0.6) is 0 Å². The predicted molar refractivity (Wildman–Crippen MR) is 61.8 cm³/mol. The Hall–Kier alpha value is -1.62. The molecule has 0 amide bonds. The molecule has 17 heavy (non-hydrogen) atoms. The SMILES string of the molecule is Cc1nn(Cc2ccc(F)c(F)c2)c(N)c1Cl. The number of aryl methyl sites for hydroxylation is 1. The van der Waals surface area contributed by atoms with E-state index in [1.807, 2.05) is 0 Å². The number of hydrogen-bond acceptors (Lipinski definition) is 2. The van der Waals surface area contributed by atoms with E-state index < -0.39 is 11.6 Å². The van der Waals surface area contributed by atoms with Crippen LogP contribution in [-0.4, -0.2) is 9.78 Å². The lowest BCUT2D eigenvalue weighted by Gasteiger charge is -2.04. The summed E-state index contributed by atoms with van der Waals surface area (Å²) in [7, 11) is 0. The minimum absolute atomic E-state index is 0.247. The van der Waals surface area contributed by atoms with E-state index in [0.29, 0.717) is 22.1 Å². The van der Waals surface area contributed by atoms with E-state index in [4.69, 9.17) is 17.3 Å². The Morgan fingerprint density at radius 3 is 2.59 bits per heavy atom. The molecular formula is C11H10ClF2N3. The fourth-order valence-electron chi connectivity index (χ4n) is 1.51. The van der Waals surface area contributed by atoms with E-state index in [9.17, 15) is 8.78 Å². The van der Waals surface area contributed by atoms with Crippen LogP contribution in [-0.2, 0) is 6.54 Å². The minimum Gasteiger partial charge on any atom is -0.383 e. The maximum absolute atomic E-state index is 13.0. The van der Waals surface area contributed by atoms with E-state index in [0.717, 1.165) is 12.1 Å². The molecule has 2 N–H and O–H groups in total. The number of hydrogen-bond donors (Lipinski definition) is 1. The summed E-state index contributed by atoms with van der Waals surface area (Å²) in [4.78, 5) is 0. The van der Waals surface area contributed by atoms with Crippen molar-refractivity contribution in [3.05, 3.63) is 46.1 Å². The van der Waals surface area contributed by atoms with Crippen LogP contribution in [0.25, 0.3) is 0 Å². The lowest BCUT2D eigenvalue weighted by atomic mass is 10.2. The topological polar surface area (TPSA) is 43.8 Å². The summed E-state index contributed by atoms with van der Waals surface area (Å²) in [5, 5.41) is 4.48. The third-order valence-electron chi connectivity index (χ3n) is 2.41. The van der Waals surface area contributed by atoms with Gasteiger partial charge in [0.15, 0.2) is 11.6 Å². The van der Waals surface area contributed by atoms with Crippen LogP contribution in [0.1, 0.15) is 11.3 Å². The number of nitrogens with zero attached hydrogens (tertiary/aromatic N) is 2. The zero-order chi connectivity index (χ0) is 12.6. The smallest absolute Gasteiger partial charge is 0.159 e. The Bertz CT molecular complexity index is 566. The minimum atomic E-state index is -0.893.